The van der Waals surface area contributed by atoms with Gasteiger partial charge >= 0.3 is 0 Å². The van der Waals surface area contributed by atoms with E-state index in [1.807, 2.05) is 0 Å². The Labute approximate surface area is 110 Å². The van der Waals surface area contributed by atoms with Crippen molar-refractivity contribution in [2.45, 2.75) is 0 Å². The van der Waals surface area contributed by atoms with Crippen LogP contribution in [0.25, 0.3) is 17.1 Å². The number of hydrogen-bond donors (Lipinski definition) is 1. The van der Waals surface area contributed by atoms with Crippen LogP contribution in [-0.4, -0.2) is 34.5 Å². The molecule has 90 valence electrons. The molecule has 0 fully saturated rings. The molecule has 3 aromatic heterocycles. The number of halogens is 2. The Bertz CT molecular complexity index is 719. The molecule has 0 atom stereocenters. The van der Waals surface area contributed by atoms with Crippen molar-refractivity contribution in [3.63, 3.8) is 0 Å². The highest BCUT2D eigenvalue weighted by Gasteiger charge is 2.12. The minimum atomic E-state index is -0.0196. The highest BCUT2D eigenvalue weighted by molar-refractivity contribution is 6.31. The SMILES string of the molecule is Nc1ncnc2c1ncn2-c1nc(Cl)nc(Cl)n1. The maximum Gasteiger partial charge on any atom is 0.242 e. The second-order valence-corrected chi connectivity index (χ2v) is 3.90. The van der Waals surface area contributed by atoms with Gasteiger partial charge in [-0.2, -0.15) is 15.0 Å². The van der Waals surface area contributed by atoms with E-state index in [-0.39, 0.29) is 22.3 Å². The molecule has 0 aliphatic carbocycles. The number of imidazole rings is 1. The molecule has 8 nitrogen and oxygen atoms in total. The van der Waals surface area contributed by atoms with E-state index in [9.17, 15) is 0 Å². The Morgan fingerprint density at radius 3 is 2.44 bits per heavy atom. The summed E-state index contributed by atoms with van der Waals surface area (Å²) in [5.74, 6) is 0.477. The lowest BCUT2D eigenvalue weighted by molar-refractivity contribution is 0.903. The van der Waals surface area contributed by atoms with Crippen LogP contribution in [-0.2, 0) is 0 Å². The average Bonchev–Trinajstić information content (AvgIpc) is 2.73. The third kappa shape index (κ3) is 1.71. The van der Waals surface area contributed by atoms with E-state index in [1.54, 1.807) is 0 Å². The zero-order valence-electron chi connectivity index (χ0n) is 8.62. The topological polar surface area (TPSA) is 108 Å². The maximum absolute atomic E-state index is 5.71. The quantitative estimate of drug-likeness (QED) is 0.706. The fourth-order valence-electron chi connectivity index (χ4n) is 1.42. The van der Waals surface area contributed by atoms with Gasteiger partial charge in [0.15, 0.2) is 17.0 Å². The van der Waals surface area contributed by atoms with E-state index in [2.05, 4.69) is 29.9 Å². The molecular weight excluding hydrogens is 279 g/mol. The van der Waals surface area contributed by atoms with E-state index >= 15 is 0 Å². The minimum Gasteiger partial charge on any atom is -0.382 e. The first-order chi connectivity index (χ1) is 8.65. The van der Waals surface area contributed by atoms with Crippen LogP contribution in [0.5, 0.6) is 0 Å². The standard InChI is InChI=1S/C8H4Cl2N8/c9-6-15-7(10)17-8(16-6)18-2-14-3-4(11)12-1-13-5(3)18/h1-2H,(H2,11,12,13). The summed E-state index contributed by atoms with van der Waals surface area (Å²) in [4.78, 5) is 23.5. The average molecular weight is 283 g/mol. The van der Waals surface area contributed by atoms with E-state index in [4.69, 9.17) is 28.9 Å². The lowest BCUT2D eigenvalue weighted by atomic mass is 10.5. The summed E-state index contributed by atoms with van der Waals surface area (Å²) in [5, 5.41) is -0.0391. The van der Waals surface area contributed by atoms with Crippen LogP contribution in [0.3, 0.4) is 0 Å². The number of nitrogens with zero attached hydrogens (tertiary/aromatic N) is 7. The van der Waals surface area contributed by atoms with Crippen molar-refractivity contribution in [1.82, 2.24) is 34.5 Å². The number of fused-ring (bicyclic) bond motifs is 1. The first-order valence-electron chi connectivity index (χ1n) is 4.66. The number of rotatable bonds is 1. The summed E-state index contributed by atoms with van der Waals surface area (Å²) in [7, 11) is 0. The number of aromatic nitrogens is 7. The van der Waals surface area contributed by atoms with Gasteiger partial charge in [-0.15, -0.1) is 0 Å². The summed E-state index contributed by atoms with van der Waals surface area (Å²) >= 11 is 11.4. The largest absolute Gasteiger partial charge is 0.382 e. The van der Waals surface area contributed by atoms with Crippen molar-refractivity contribution in [2.75, 3.05) is 5.73 Å². The minimum absolute atomic E-state index is 0.0196. The highest BCUT2D eigenvalue weighted by atomic mass is 35.5. The molecule has 0 radical (unpaired) electrons. The van der Waals surface area contributed by atoms with Gasteiger partial charge < -0.3 is 5.73 Å². The van der Waals surface area contributed by atoms with Gasteiger partial charge in [-0.25, -0.2) is 15.0 Å². The van der Waals surface area contributed by atoms with Crippen molar-refractivity contribution in [1.29, 1.82) is 0 Å². The molecule has 0 aliphatic rings. The van der Waals surface area contributed by atoms with E-state index in [0.717, 1.165) is 0 Å². The van der Waals surface area contributed by atoms with Crippen LogP contribution >= 0.6 is 23.2 Å². The van der Waals surface area contributed by atoms with Crippen molar-refractivity contribution < 1.29 is 0 Å². The summed E-state index contributed by atoms with van der Waals surface area (Å²) in [5.41, 5.74) is 6.58. The van der Waals surface area contributed by atoms with Crippen LogP contribution in [0.1, 0.15) is 0 Å². The molecule has 0 bridgehead atoms. The van der Waals surface area contributed by atoms with Gasteiger partial charge in [0, 0.05) is 0 Å². The fraction of sp³-hybridized carbons (Fsp3) is 0. The highest BCUT2D eigenvalue weighted by Crippen LogP contribution is 2.18. The lowest BCUT2D eigenvalue weighted by Crippen LogP contribution is -2.03. The Kier molecular flexibility index (Phi) is 2.46. The Hall–Kier alpha value is -2.06. The van der Waals surface area contributed by atoms with Crippen molar-refractivity contribution in [3.8, 4) is 5.95 Å². The Balaban J connectivity index is 2.29. The molecule has 3 heterocycles. The molecule has 3 aromatic rings. The van der Waals surface area contributed by atoms with Crippen LogP contribution in [0.2, 0.25) is 10.6 Å². The second-order valence-electron chi connectivity index (χ2n) is 3.22. The number of nitrogen functional groups attached to an aromatic ring is 1. The first kappa shape index (κ1) is 11.1. The van der Waals surface area contributed by atoms with Gasteiger partial charge in [-0.05, 0) is 23.2 Å². The molecule has 0 amide bonds. The molecule has 2 N–H and O–H groups in total. The zero-order chi connectivity index (χ0) is 12.7. The van der Waals surface area contributed by atoms with Crippen molar-refractivity contribution >= 4 is 40.2 Å². The van der Waals surface area contributed by atoms with Crippen molar-refractivity contribution in [2.24, 2.45) is 0 Å². The predicted octanol–water partition coefficient (Wildman–Crippen LogP) is 0.889. The normalized spacial score (nSPS) is 11.0. The van der Waals surface area contributed by atoms with Gasteiger partial charge in [0.1, 0.15) is 12.7 Å². The van der Waals surface area contributed by atoms with Crippen molar-refractivity contribution in [3.05, 3.63) is 23.2 Å². The number of nitrogens with two attached hydrogens (primary N) is 1. The zero-order valence-corrected chi connectivity index (χ0v) is 10.1. The van der Waals surface area contributed by atoms with Crippen LogP contribution in [0.15, 0.2) is 12.7 Å². The van der Waals surface area contributed by atoms with Gasteiger partial charge in [-0.3, -0.25) is 4.57 Å². The lowest BCUT2D eigenvalue weighted by Gasteiger charge is -2.01. The van der Waals surface area contributed by atoms with Gasteiger partial charge in [0.25, 0.3) is 0 Å². The smallest absolute Gasteiger partial charge is 0.242 e. The van der Waals surface area contributed by atoms with Gasteiger partial charge in [-0.1, -0.05) is 0 Å². The molecule has 10 heteroatoms. The van der Waals surface area contributed by atoms with E-state index < -0.39 is 0 Å². The molecule has 0 unspecified atom stereocenters. The Morgan fingerprint density at radius 1 is 1.00 bits per heavy atom. The summed E-state index contributed by atoms with van der Waals surface area (Å²) in [6, 6.07) is 0. The molecule has 0 saturated heterocycles. The molecule has 0 saturated carbocycles. The molecular formula is C8H4Cl2N8. The predicted molar refractivity (Wildman–Crippen MR) is 64.5 cm³/mol. The van der Waals surface area contributed by atoms with Gasteiger partial charge in [0.05, 0.1) is 0 Å². The summed E-state index contributed by atoms with van der Waals surface area (Å²) < 4.78 is 1.49. The monoisotopic (exact) mass is 282 g/mol. The second kappa shape index (κ2) is 4.00. The molecule has 0 spiro atoms. The molecule has 0 aromatic carbocycles. The van der Waals surface area contributed by atoms with Crippen LogP contribution in [0.4, 0.5) is 5.82 Å². The number of anilines is 1. The Morgan fingerprint density at radius 2 is 1.72 bits per heavy atom. The summed E-state index contributed by atoms with van der Waals surface area (Å²) in [6.45, 7) is 0. The van der Waals surface area contributed by atoms with Gasteiger partial charge in [0.2, 0.25) is 16.5 Å². The van der Waals surface area contributed by atoms with Crippen LogP contribution < -0.4 is 5.73 Å². The fourth-order valence-corrected chi connectivity index (χ4v) is 1.78. The van der Waals surface area contributed by atoms with E-state index in [1.165, 1.54) is 17.2 Å². The maximum atomic E-state index is 5.71. The molecule has 0 aliphatic heterocycles. The number of hydrogen-bond acceptors (Lipinski definition) is 7. The van der Waals surface area contributed by atoms with E-state index in [0.29, 0.717) is 11.2 Å². The first-order valence-corrected chi connectivity index (χ1v) is 5.42. The molecule has 3 rings (SSSR count). The third-order valence-electron chi connectivity index (χ3n) is 2.15. The summed E-state index contributed by atoms with van der Waals surface area (Å²) in [6.07, 6.45) is 2.78. The molecule has 18 heavy (non-hydrogen) atoms. The third-order valence-corrected chi connectivity index (χ3v) is 2.48. The van der Waals surface area contributed by atoms with Crippen LogP contribution in [0, 0.1) is 0 Å².